The zero-order chi connectivity index (χ0) is 21.2. The van der Waals surface area contributed by atoms with E-state index in [4.69, 9.17) is 0 Å². The van der Waals surface area contributed by atoms with Crippen LogP contribution in [-0.2, 0) is 9.59 Å². The van der Waals surface area contributed by atoms with Gasteiger partial charge >= 0.3 is 0 Å². The van der Waals surface area contributed by atoms with E-state index >= 15 is 0 Å². The molecular formula is C25H44N2O2S. The first-order valence-corrected chi connectivity index (χ1v) is 13.9. The number of thioether (sulfide) groups is 1. The van der Waals surface area contributed by atoms with E-state index in [1.807, 2.05) is 11.8 Å². The Morgan fingerprint density at radius 2 is 1.47 bits per heavy atom. The normalized spacial score (nSPS) is 21.6. The molecule has 3 aliphatic rings. The standard InChI is InChI=1S/C25H44N2O2S/c1-2-3-4-5-6-7-8-9-10-15-23(28)26-18-16-25(17-19-26)27(20-21-30-25)24(29)22-13-11-12-14-22/h22H,2-21H2,1H3. The van der Waals surface area contributed by atoms with Gasteiger partial charge in [0.25, 0.3) is 0 Å². The van der Waals surface area contributed by atoms with Gasteiger partial charge in [0.2, 0.25) is 11.8 Å². The van der Waals surface area contributed by atoms with Crippen molar-refractivity contribution in [2.75, 3.05) is 25.4 Å². The molecule has 0 atom stereocenters. The fourth-order valence-corrected chi connectivity index (χ4v) is 7.04. The summed E-state index contributed by atoms with van der Waals surface area (Å²) in [5.41, 5.74) is 0. The molecule has 2 saturated heterocycles. The van der Waals surface area contributed by atoms with E-state index in [1.165, 1.54) is 64.2 Å². The summed E-state index contributed by atoms with van der Waals surface area (Å²) >= 11 is 1.98. The maximum atomic E-state index is 13.1. The van der Waals surface area contributed by atoms with Gasteiger partial charge in [0.05, 0.1) is 4.87 Å². The predicted octanol–water partition coefficient (Wildman–Crippen LogP) is 5.99. The molecule has 3 rings (SSSR count). The second kappa shape index (κ2) is 12.4. The van der Waals surface area contributed by atoms with Crippen LogP contribution in [0.5, 0.6) is 0 Å². The van der Waals surface area contributed by atoms with E-state index in [-0.39, 0.29) is 10.8 Å². The van der Waals surface area contributed by atoms with Crippen molar-refractivity contribution < 1.29 is 9.59 Å². The molecule has 0 aromatic heterocycles. The van der Waals surface area contributed by atoms with Gasteiger partial charge in [-0.1, -0.05) is 71.1 Å². The van der Waals surface area contributed by atoms with Gasteiger partial charge in [-0.15, -0.1) is 11.8 Å². The summed E-state index contributed by atoms with van der Waals surface area (Å²) in [5.74, 6) is 2.08. The van der Waals surface area contributed by atoms with Crippen molar-refractivity contribution in [2.24, 2.45) is 5.92 Å². The number of piperidine rings is 1. The van der Waals surface area contributed by atoms with E-state index in [0.717, 1.165) is 57.5 Å². The number of nitrogens with zero attached hydrogens (tertiary/aromatic N) is 2. The van der Waals surface area contributed by atoms with E-state index < -0.39 is 0 Å². The minimum Gasteiger partial charge on any atom is -0.342 e. The van der Waals surface area contributed by atoms with Crippen LogP contribution in [0.15, 0.2) is 0 Å². The zero-order valence-corrected chi connectivity index (χ0v) is 20.2. The van der Waals surface area contributed by atoms with Crippen LogP contribution in [-0.4, -0.2) is 51.9 Å². The first kappa shape index (κ1) is 23.9. The fourth-order valence-electron chi connectivity index (χ4n) is 5.58. The smallest absolute Gasteiger partial charge is 0.226 e. The van der Waals surface area contributed by atoms with E-state index in [1.54, 1.807) is 0 Å². The average molecular weight is 437 g/mol. The van der Waals surface area contributed by atoms with Gasteiger partial charge in [-0.05, 0) is 32.1 Å². The maximum absolute atomic E-state index is 13.1. The number of amides is 2. The van der Waals surface area contributed by atoms with Crippen LogP contribution in [0.1, 0.15) is 110 Å². The lowest BCUT2D eigenvalue weighted by Crippen LogP contribution is -2.54. The van der Waals surface area contributed by atoms with Crippen molar-refractivity contribution >= 4 is 23.6 Å². The Balaban J connectivity index is 1.32. The van der Waals surface area contributed by atoms with Crippen LogP contribution in [0.4, 0.5) is 0 Å². The molecule has 1 aliphatic carbocycles. The van der Waals surface area contributed by atoms with Gasteiger partial charge in [0, 0.05) is 37.7 Å². The topological polar surface area (TPSA) is 40.6 Å². The molecule has 0 bridgehead atoms. The Bertz CT molecular complexity index is 539. The SMILES string of the molecule is CCCCCCCCCCCC(=O)N1CCC2(CC1)SCCN2C(=O)C1CCCC1. The third-order valence-corrected chi connectivity index (χ3v) is 9.09. The molecule has 1 spiro atoms. The lowest BCUT2D eigenvalue weighted by molar-refractivity contribution is -0.140. The molecule has 1 saturated carbocycles. The van der Waals surface area contributed by atoms with Crippen LogP contribution >= 0.6 is 11.8 Å². The highest BCUT2D eigenvalue weighted by atomic mass is 32.2. The van der Waals surface area contributed by atoms with Gasteiger partial charge < -0.3 is 9.80 Å². The summed E-state index contributed by atoms with van der Waals surface area (Å²) in [6.45, 7) is 4.83. The van der Waals surface area contributed by atoms with Crippen molar-refractivity contribution in [3.8, 4) is 0 Å². The van der Waals surface area contributed by atoms with Crippen LogP contribution < -0.4 is 0 Å². The molecule has 2 aliphatic heterocycles. The van der Waals surface area contributed by atoms with Crippen molar-refractivity contribution in [1.29, 1.82) is 0 Å². The Hall–Kier alpha value is -0.710. The Morgan fingerprint density at radius 1 is 0.867 bits per heavy atom. The fraction of sp³-hybridized carbons (Fsp3) is 0.920. The number of carbonyl (C=O) groups is 2. The van der Waals surface area contributed by atoms with Gasteiger partial charge in [0.1, 0.15) is 0 Å². The lowest BCUT2D eigenvalue weighted by atomic mass is 9.98. The number of rotatable bonds is 11. The van der Waals surface area contributed by atoms with Gasteiger partial charge in [0.15, 0.2) is 0 Å². The average Bonchev–Trinajstić information content (AvgIpc) is 3.43. The minimum atomic E-state index is -0.0196. The van der Waals surface area contributed by atoms with Crippen molar-refractivity contribution in [2.45, 2.75) is 115 Å². The molecule has 0 radical (unpaired) electrons. The molecule has 3 fully saturated rings. The molecule has 4 nitrogen and oxygen atoms in total. The summed E-state index contributed by atoms with van der Waals surface area (Å²) in [6, 6.07) is 0. The van der Waals surface area contributed by atoms with Crippen molar-refractivity contribution in [3.05, 3.63) is 0 Å². The maximum Gasteiger partial charge on any atom is 0.226 e. The monoisotopic (exact) mass is 436 g/mol. The Labute approximate surface area is 188 Å². The first-order chi connectivity index (χ1) is 14.7. The number of hydrogen-bond donors (Lipinski definition) is 0. The molecule has 0 unspecified atom stereocenters. The largest absolute Gasteiger partial charge is 0.342 e. The Kier molecular flexibility index (Phi) is 9.86. The molecule has 30 heavy (non-hydrogen) atoms. The van der Waals surface area contributed by atoms with Gasteiger partial charge in [-0.3, -0.25) is 9.59 Å². The number of unbranched alkanes of at least 4 members (excludes halogenated alkanes) is 8. The molecule has 0 N–H and O–H groups in total. The highest BCUT2D eigenvalue weighted by molar-refractivity contribution is 8.00. The van der Waals surface area contributed by atoms with Crippen LogP contribution in [0.2, 0.25) is 0 Å². The molecule has 0 aromatic carbocycles. The molecule has 172 valence electrons. The number of carbonyl (C=O) groups excluding carboxylic acids is 2. The second-order valence-corrected chi connectivity index (χ2v) is 11.2. The van der Waals surface area contributed by atoms with Crippen LogP contribution in [0.25, 0.3) is 0 Å². The zero-order valence-electron chi connectivity index (χ0n) is 19.3. The third kappa shape index (κ3) is 6.40. The van der Waals surface area contributed by atoms with E-state index in [2.05, 4.69) is 16.7 Å². The number of likely N-dealkylation sites (tertiary alicyclic amines) is 1. The quantitative estimate of drug-likeness (QED) is 0.373. The van der Waals surface area contributed by atoms with Crippen molar-refractivity contribution in [3.63, 3.8) is 0 Å². The molecular weight excluding hydrogens is 392 g/mol. The summed E-state index contributed by atoms with van der Waals surface area (Å²) in [4.78, 5) is 30.0. The highest BCUT2D eigenvalue weighted by Crippen LogP contribution is 2.45. The lowest BCUT2D eigenvalue weighted by Gasteiger charge is -2.44. The van der Waals surface area contributed by atoms with Crippen molar-refractivity contribution in [1.82, 2.24) is 9.80 Å². The van der Waals surface area contributed by atoms with Crippen LogP contribution in [0.3, 0.4) is 0 Å². The predicted molar refractivity (Wildman–Crippen MR) is 127 cm³/mol. The van der Waals surface area contributed by atoms with E-state index in [9.17, 15) is 9.59 Å². The molecule has 5 heteroatoms. The summed E-state index contributed by atoms with van der Waals surface area (Å²) in [7, 11) is 0. The van der Waals surface area contributed by atoms with Crippen LogP contribution in [0, 0.1) is 5.92 Å². The Morgan fingerprint density at radius 3 is 2.10 bits per heavy atom. The third-order valence-electron chi connectivity index (χ3n) is 7.54. The summed E-state index contributed by atoms with van der Waals surface area (Å²) in [6.07, 6.45) is 18.8. The van der Waals surface area contributed by atoms with Gasteiger partial charge in [-0.2, -0.15) is 0 Å². The number of hydrogen-bond acceptors (Lipinski definition) is 3. The molecule has 0 aromatic rings. The summed E-state index contributed by atoms with van der Waals surface area (Å²) in [5, 5.41) is 0. The first-order valence-electron chi connectivity index (χ1n) is 12.9. The highest BCUT2D eigenvalue weighted by Gasteiger charge is 2.48. The minimum absolute atomic E-state index is 0.0196. The summed E-state index contributed by atoms with van der Waals surface area (Å²) < 4.78 is 0. The van der Waals surface area contributed by atoms with Gasteiger partial charge in [-0.25, -0.2) is 0 Å². The molecule has 2 amide bonds. The molecule has 2 heterocycles. The van der Waals surface area contributed by atoms with E-state index in [0.29, 0.717) is 18.2 Å². The second-order valence-electron chi connectivity index (χ2n) is 9.73.